The van der Waals surface area contributed by atoms with Crippen LogP contribution in [0.2, 0.25) is 5.02 Å². The number of nitrogens with one attached hydrogen (secondary N) is 3. The number of nitrogens with zero attached hydrogens (tertiary/aromatic N) is 4. The zero-order valence-corrected chi connectivity index (χ0v) is 19.2. The maximum Gasteiger partial charge on any atom is 0.319 e. The van der Waals surface area contributed by atoms with Crippen LogP contribution in [0.4, 0.5) is 16.4 Å². The molecule has 33 heavy (non-hydrogen) atoms. The topological polar surface area (TPSA) is 137 Å². The van der Waals surface area contributed by atoms with Crippen LogP contribution >= 0.6 is 11.6 Å². The van der Waals surface area contributed by atoms with Crippen LogP contribution in [-0.2, 0) is 0 Å². The third-order valence-electron chi connectivity index (χ3n) is 4.76. The first-order chi connectivity index (χ1) is 15.9. The lowest BCUT2D eigenvalue weighted by molar-refractivity contribution is 0.225. The Morgan fingerprint density at radius 1 is 1.21 bits per heavy atom. The van der Waals surface area contributed by atoms with Crippen molar-refractivity contribution in [2.24, 2.45) is 5.92 Å². The van der Waals surface area contributed by atoms with Crippen LogP contribution in [0.1, 0.15) is 31.9 Å². The SMILES string of the molecule is CC(C)C[C@H](CO)Nc1nccc(-n2cc(NC(=O)NC(CO)c3cccc(Cl)c3)cn2)n1. The van der Waals surface area contributed by atoms with Crippen molar-refractivity contribution in [3.05, 3.63) is 59.5 Å². The minimum atomic E-state index is -0.612. The summed E-state index contributed by atoms with van der Waals surface area (Å²) >= 11 is 5.99. The van der Waals surface area contributed by atoms with E-state index in [0.29, 0.717) is 34.0 Å². The lowest BCUT2D eigenvalue weighted by Crippen LogP contribution is -2.34. The molecule has 0 aliphatic rings. The summed E-state index contributed by atoms with van der Waals surface area (Å²) in [5.41, 5.74) is 1.13. The number of amides is 2. The van der Waals surface area contributed by atoms with Gasteiger partial charge < -0.3 is 26.2 Å². The Bertz CT molecular complexity index is 1060. The van der Waals surface area contributed by atoms with E-state index in [2.05, 4.69) is 44.9 Å². The zero-order valence-electron chi connectivity index (χ0n) is 18.4. The average Bonchev–Trinajstić information content (AvgIpc) is 3.25. The molecule has 3 rings (SSSR count). The highest BCUT2D eigenvalue weighted by molar-refractivity contribution is 6.30. The number of hydrogen-bond donors (Lipinski definition) is 5. The van der Waals surface area contributed by atoms with Crippen molar-refractivity contribution in [3.8, 4) is 5.82 Å². The van der Waals surface area contributed by atoms with Gasteiger partial charge in [0, 0.05) is 17.3 Å². The van der Waals surface area contributed by atoms with Crippen LogP contribution in [0.5, 0.6) is 0 Å². The molecular formula is C22H28ClN7O3. The van der Waals surface area contributed by atoms with Gasteiger partial charge in [-0.15, -0.1) is 0 Å². The van der Waals surface area contributed by atoms with Gasteiger partial charge in [-0.05, 0) is 30.0 Å². The van der Waals surface area contributed by atoms with Gasteiger partial charge in [0.2, 0.25) is 5.95 Å². The van der Waals surface area contributed by atoms with Gasteiger partial charge >= 0.3 is 6.03 Å². The van der Waals surface area contributed by atoms with E-state index < -0.39 is 12.1 Å². The molecule has 1 unspecified atom stereocenters. The first kappa shape index (κ1) is 24.4. The predicted molar refractivity (Wildman–Crippen MR) is 127 cm³/mol. The molecule has 5 N–H and O–H groups in total. The Balaban J connectivity index is 1.64. The van der Waals surface area contributed by atoms with Crippen molar-refractivity contribution in [2.45, 2.75) is 32.4 Å². The molecule has 11 heteroatoms. The Hall–Kier alpha value is -3.21. The van der Waals surface area contributed by atoms with E-state index in [1.807, 2.05) is 0 Å². The summed E-state index contributed by atoms with van der Waals surface area (Å²) in [7, 11) is 0. The molecule has 0 spiro atoms. The minimum absolute atomic E-state index is 0.0270. The highest BCUT2D eigenvalue weighted by atomic mass is 35.5. The number of aliphatic hydroxyl groups excluding tert-OH is 2. The second-order valence-electron chi connectivity index (χ2n) is 7.95. The zero-order chi connectivity index (χ0) is 23.8. The van der Waals surface area contributed by atoms with Gasteiger partial charge in [-0.1, -0.05) is 37.6 Å². The van der Waals surface area contributed by atoms with Crippen molar-refractivity contribution in [1.29, 1.82) is 0 Å². The van der Waals surface area contributed by atoms with Gasteiger partial charge in [0.15, 0.2) is 5.82 Å². The predicted octanol–water partition coefficient (Wildman–Crippen LogP) is 2.99. The van der Waals surface area contributed by atoms with Crippen LogP contribution in [0.3, 0.4) is 0 Å². The molecule has 2 amide bonds. The van der Waals surface area contributed by atoms with Crippen LogP contribution in [0, 0.1) is 5.92 Å². The van der Waals surface area contributed by atoms with Gasteiger partial charge in [0.1, 0.15) is 0 Å². The number of aliphatic hydroxyl groups is 2. The van der Waals surface area contributed by atoms with Crippen molar-refractivity contribution < 1.29 is 15.0 Å². The summed E-state index contributed by atoms with van der Waals surface area (Å²) in [5.74, 6) is 1.28. The first-order valence-electron chi connectivity index (χ1n) is 10.6. The number of halogens is 1. The van der Waals surface area contributed by atoms with Crippen molar-refractivity contribution in [1.82, 2.24) is 25.1 Å². The Kier molecular flexibility index (Phi) is 8.58. The molecule has 2 atom stereocenters. The van der Waals surface area contributed by atoms with Crippen molar-refractivity contribution >= 4 is 29.3 Å². The lowest BCUT2D eigenvalue weighted by Gasteiger charge is -2.18. The summed E-state index contributed by atoms with van der Waals surface area (Å²) in [4.78, 5) is 21.1. The maximum atomic E-state index is 12.4. The fraction of sp³-hybridized carbons (Fsp3) is 0.364. The summed E-state index contributed by atoms with van der Waals surface area (Å²) in [6.45, 7) is 3.84. The van der Waals surface area contributed by atoms with Gasteiger partial charge in [-0.25, -0.2) is 14.5 Å². The number of hydrogen-bond acceptors (Lipinski definition) is 7. The normalized spacial score (nSPS) is 12.9. The maximum absolute atomic E-state index is 12.4. The molecule has 10 nitrogen and oxygen atoms in total. The highest BCUT2D eigenvalue weighted by Crippen LogP contribution is 2.18. The van der Waals surface area contributed by atoms with Crippen LogP contribution in [0.25, 0.3) is 5.82 Å². The van der Waals surface area contributed by atoms with Crippen LogP contribution in [0.15, 0.2) is 48.9 Å². The van der Waals surface area contributed by atoms with Crippen molar-refractivity contribution in [2.75, 3.05) is 23.8 Å². The molecular weight excluding hydrogens is 446 g/mol. The van der Waals surface area contributed by atoms with E-state index in [1.54, 1.807) is 42.7 Å². The summed E-state index contributed by atoms with van der Waals surface area (Å²) in [6.07, 6.45) is 5.46. The molecule has 1 aromatic carbocycles. The number of urea groups is 1. The molecule has 0 fully saturated rings. The second-order valence-corrected chi connectivity index (χ2v) is 8.39. The third-order valence-corrected chi connectivity index (χ3v) is 5.00. The average molecular weight is 474 g/mol. The summed E-state index contributed by atoms with van der Waals surface area (Å²) < 4.78 is 1.50. The van der Waals surface area contributed by atoms with E-state index in [-0.39, 0.29) is 19.3 Å². The van der Waals surface area contributed by atoms with E-state index in [9.17, 15) is 15.0 Å². The molecule has 0 saturated heterocycles. The summed E-state index contributed by atoms with van der Waals surface area (Å²) in [5, 5.41) is 32.5. The molecule has 0 aliphatic heterocycles. The molecule has 2 aromatic heterocycles. The van der Waals surface area contributed by atoms with Gasteiger partial charge in [-0.3, -0.25) is 0 Å². The van der Waals surface area contributed by atoms with E-state index in [4.69, 9.17) is 11.6 Å². The molecule has 3 aromatic rings. The smallest absolute Gasteiger partial charge is 0.319 e. The molecule has 0 bridgehead atoms. The molecule has 0 radical (unpaired) electrons. The highest BCUT2D eigenvalue weighted by Gasteiger charge is 2.15. The molecule has 0 aliphatic carbocycles. The fourth-order valence-corrected chi connectivity index (χ4v) is 3.47. The van der Waals surface area contributed by atoms with Gasteiger partial charge in [-0.2, -0.15) is 10.1 Å². The summed E-state index contributed by atoms with van der Waals surface area (Å²) in [6, 6.07) is 7.34. The Morgan fingerprint density at radius 2 is 2.03 bits per heavy atom. The molecule has 0 saturated carbocycles. The van der Waals surface area contributed by atoms with Gasteiger partial charge in [0.25, 0.3) is 0 Å². The lowest BCUT2D eigenvalue weighted by atomic mass is 10.0. The largest absolute Gasteiger partial charge is 0.394 e. The number of anilines is 2. The quantitative estimate of drug-likeness (QED) is 0.305. The van der Waals surface area contributed by atoms with Gasteiger partial charge in [0.05, 0.1) is 43.4 Å². The standard InChI is InChI=1S/C22H28ClN7O3/c1-14(2)8-17(12-31)26-21-24-7-6-20(29-21)30-11-18(10-25-30)27-22(33)28-19(13-32)15-4-3-5-16(23)9-15/h3-7,9-11,14,17,19,31-32H,8,12-13H2,1-2H3,(H,24,26,29)(H2,27,28,33)/t17-,19?/m1/s1. The van der Waals surface area contributed by atoms with Crippen molar-refractivity contribution in [3.63, 3.8) is 0 Å². The third kappa shape index (κ3) is 7.14. The number of benzene rings is 1. The number of carbonyl (C=O) groups excluding carboxylic acids is 1. The van der Waals surface area contributed by atoms with Crippen LogP contribution in [-0.4, -0.2) is 55.2 Å². The van der Waals surface area contributed by atoms with E-state index >= 15 is 0 Å². The monoisotopic (exact) mass is 473 g/mol. The second kappa shape index (κ2) is 11.6. The first-order valence-corrected chi connectivity index (χ1v) is 10.9. The Labute approximate surface area is 197 Å². The number of carbonyl (C=O) groups is 1. The molecule has 176 valence electrons. The number of rotatable bonds is 10. The minimum Gasteiger partial charge on any atom is -0.394 e. The number of aromatic nitrogens is 4. The van der Waals surface area contributed by atoms with E-state index in [0.717, 1.165) is 6.42 Å². The van der Waals surface area contributed by atoms with Crippen LogP contribution < -0.4 is 16.0 Å². The van der Waals surface area contributed by atoms with E-state index in [1.165, 1.54) is 10.9 Å². The fourth-order valence-electron chi connectivity index (χ4n) is 3.27. The Morgan fingerprint density at radius 3 is 2.73 bits per heavy atom. The molecule has 2 heterocycles.